The molecule has 4 amide bonds. The van der Waals surface area contributed by atoms with Crippen LogP contribution in [0.2, 0.25) is 0 Å². The lowest BCUT2D eigenvalue weighted by Gasteiger charge is -2.23. The Bertz CT molecular complexity index is 279. The van der Waals surface area contributed by atoms with Crippen molar-refractivity contribution in [1.29, 1.82) is 0 Å². The molecule has 0 spiro atoms. The van der Waals surface area contributed by atoms with Gasteiger partial charge in [0.05, 0.1) is 31.8 Å². The molecule has 0 fully saturated rings. The Morgan fingerprint density at radius 2 is 0.600 bits per heavy atom. The molecule has 0 aromatic heterocycles. The minimum absolute atomic E-state index is 0.406. The standard InChI is InChI=1S/C5H12O4.4CH3NO2/c6-1-5(2-7,3-8)4-9;4*2-1(3)4/h6-9H,1-4H2;4*2H2,(H,3,4). The molecule has 16 N–H and O–H groups in total. The number of hydrogen-bond donors (Lipinski definition) is 12. The number of aliphatic hydroxyl groups is 4. The average molecular weight is 380 g/mol. The second-order valence-corrected chi connectivity index (χ2v) is 3.49. The van der Waals surface area contributed by atoms with E-state index in [1.54, 1.807) is 0 Å². The maximum absolute atomic E-state index is 8.78. The lowest BCUT2D eigenvalue weighted by Crippen LogP contribution is -2.37. The number of aliphatic hydroxyl groups excluding tert-OH is 4. The minimum Gasteiger partial charge on any atom is -0.465 e. The number of amides is 4. The van der Waals surface area contributed by atoms with Crippen LogP contribution in [0.25, 0.3) is 0 Å². The average Bonchev–Trinajstić information content (AvgIpc) is 2.39. The number of nitrogens with two attached hydrogens (primary N) is 4. The molecular weight excluding hydrogens is 356 g/mol. The monoisotopic (exact) mass is 380 g/mol. The van der Waals surface area contributed by atoms with E-state index in [2.05, 4.69) is 22.9 Å². The van der Waals surface area contributed by atoms with Gasteiger partial charge < -0.3 is 63.8 Å². The minimum atomic E-state index is -1.33. The van der Waals surface area contributed by atoms with Gasteiger partial charge in [0, 0.05) is 0 Å². The van der Waals surface area contributed by atoms with Gasteiger partial charge in [0.25, 0.3) is 0 Å². The van der Waals surface area contributed by atoms with Crippen molar-refractivity contribution in [2.75, 3.05) is 26.4 Å². The largest absolute Gasteiger partial charge is 0.465 e. The summed E-state index contributed by atoms with van der Waals surface area (Å²) in [5.41, 5.74) is 15.0. The first kappa shape index (κ1) is 33.5. The molecule has 0 heterocycles. The van der Waals surface area contributed by atoms with E-state index in [9.17, 15) is 0 Å². The highest BCUT2D eigenvalue weighted by atomic mass is 16.4. The van der Waals surface area contributed by atoms with E-state index < -0.39 is 56.2 Å². The van der Waals surface area contributed by atoms with Crippen LogP contribution in [0.4, 0.5) is 19.2 Å². The van der Waals surface area contributed by atoms with Crippen molar-refractivity contribution in [3.8, 4) is 0 Å². The highest BCUT2D eigenvalue weighted by Gasteiger charge is 2.26. The molecule has 0 saturated heterocycles. The van der Waals surface area contributed by atoms with Crippen molar-refractivity contribution < 1.29 is 60.0 Å². The van der Waals surface area contributed by atoms with Gasteiger partial charge in [0.15, 0.2) is 0 Å². The van der Waals surface area contributed by atoms with Crippen LogP contribution in [0, 0.1) is 5.41 Å². The van der Waals surface area contributed by atoms with E-state index in [0.717, 1.165) is 0 Å². The van der Waals surface area contributed by atoms with E-state index in [1.165, 1.54) is 0 Å². The topological polar surface area (TPSA) is 334 Å². The normalized spacial score (nSPS) is 8.16. The zero-order valence-electron chi connectivity index (χ0n) is 12.8. The fraction of sp³-hybridized carbons (Fsp3) is 0.556. The zero-order chi connectivity index (χ0) is 21.6. The SMILES string of the molecule is NC(=O)O.NC(=O)O.NC(=O)O.NC(=O)O.OCC(CO)(CO)CO. The maximum Gasteiger partial charge on any atom is 0.402 e. The molecule has 0 bridgehead atoms. The fourth-order valence-corrected chi connectivity index (χ4v) is 0.300. The van der Waals surface area contributed by atoms with Gasteiger partial charge in [-0.25, -0.2) is 19.2 Å². The van der Waals surface area contributed by atoms with E-state index in [4.69, 9.17) is 60.0 Å². The first-order valence-electron chi connectivity index (χ1n) is 5.54. The van der Waals surface area contributed by atoms with E-state index >= 15 is 0 Å². The molecule has 16 heteroatoms. The molecule has 0 unspecified atom stereocenters. The van der Waals surface area contributed by atoms with Crippen molar-refractivity contribution in [2.24, 2.45) is 28.3 Å². The molecule has 0 aliphatic heterocycles. The van der Waals surface area contributed by atoms with Gasteiger partial charge in [-0.3, -0.25) is 0 Å². The van der Waals surface area contributed by atoms with Crippen LogP contribution < -0.4 is 22.9 Å². The van der Waals surface area contributed by atoms with Gasteiger partial charge in [0.2, 0.25) is 0 Å². The molecule has 152 valence electrons. The van der Waals surface area contributed by atoms with Gasteiger partial charge in [0.1, 0.15) is 0 Å². The zero-order valence-corrected chi connectivity index (χ0v) is 12.8. The van der Waals surface area contributed by atoms with Crippen molar-refractivity contribution in [3.63, 3.8) is 0 Å². The summed E-state index contributed by atoms with van der Waals surface area (Å²) in [7, 11) is 0. The Hall–Kier alpha value is -3.08. The smallest absolute Gasteiger partial charge is 0.402 e. The molecule has 16 nitrogen and oxygen atoms in total. The summed E-state index contributed by atoms with van der Waals surface area (Å²) in [6, 6.07) is 0. The fourth-order valence-electron chi connectivity index (χ4n) is 0.300. The van der Waals surface area contributed by atoms with E-state index in [0.29, 0.717) is 0 Å². The Kier molecular flexibility index (Phi) is 31.1. The van der Waals surface area contributed by atoms with Gasteiger partial charge in [-0.2, -0.15) is 0 Å². The first-order chi connectivity index (χ1) is 11.2. The number of carboxylic acid groups (broad SMARTS) is 4. The van der Waals surface area contributed by atoms with Gasteiger partial charge in [-0.15, -0.1) is 0 Å². The van der Waals surface area contributed by atoms with Gasteiger partial charge in [-0.1, -0.05) is 0 Å². The highest BCUT2D eigenvalue weighted by Crippen LogP contribution is 2.11. The predicted octanol–water partition coefficient (Wildman–Crippen LogP) is -3.57. The van der Waals surface area contributed by atoms with Crippen LogP contribution in [0.15, 0.2) is 0 Å². The molecule has 0 aromatic carbocycles. The Labute approximate surface area is 140 Å². The van der Waals surface area contributed by atoms with Gasteiger partial charge in [-0.05, 0) is 0 Å². The Balaban J connectivity index is -0.0000000714. The number of primary amides is 4. The Morgan fingerprint density at radius 1 is 0.520 bits per heavy atom. The summed E-state index contributed by atoms with van der Waals surface area (Å²) >= 11 is 0. The maximum atomic E-state index is 8.78. The lowest BCUT2D eigenvalue weighted by molar-refractivity contribution is -0.0328. The summed E-state index contributed by atoms with van der Waals surface area (Å²) in [6.45, 7) is -1.62. The number of hydrogen-bond acceptors (Lipinski definition) is 8. The molecule has 0 rings (SSSR count). The van der Waals surface area contributed by atoms with Crippen LogP contribution in [0.1, 0.15) is 0 Å². The molecule has 0 atom stereocenters. The van der Waals surface area contributed by atoms with E-state index in [-0.39, 0.29) is 0 Å². The highest BCUT2D eigenvalue weighted by molar-refractivity contribution is 5.62. The number of carbonyl (C=O) groups is 4. The molecule has 0 radical (unpaired) electrons. The molecular formula is C9H24N4O12. The lowest BCUT2D eigenvalue weighted by atomic mass is 9.93. The molecule has 0 aromatic rings. The second kappa shape index (κ2) is 23.2. The third-order valence-corrected chi connectivity index (χ3v) is 1.34. The van der Waals surface area contributed by atoms with Crippen LogP contribution in [-0.4, -0.2) is 91.7 Å². The number of rotatable bonds is 4. The summed E-state index contributed by atoms with van der Waals surface area (Å²) < 4.78 is 0. The predicted molar refractivity (Wildman–Crippen MR) is 79.6 cm³/mol. The molecule has 0 saturated carbocycles. The summed E-state index contributed by atoms with van der Waals surface area (Å²) in [4.78, 5) is 35.1. The third-order valence-electron chi connectivity index (χ3n) is 1.34. The summed E-state index contributed by atoms with van der Waals surface area (Å²) in [5.74, 6) is 0. The van der Waals surface area contributed by atoms with Crippen LogP contribution in [-0.2, 0) is 0 Å². The van der Waals surface area contributed by atoms with Crippen molar-refractivity contribution in [3.05, 3.63) is 0 Å². The van der Waals surface area contributed by atoms with Gasteiger partial charge >= 0.3 is 24.4 Å². The van der Waals surface area contributed by atoms with Crippen LogP contribution >= 0.6 is 0 Å². The van der Waals surface area contributed by atoms with E-state index in [1.807, 2.05) is 0 Å². The quantitative estimate of drug-likeness (QED) is 0.225. The summed E-state index contributed by atoms with van der Waals surface area (Å²) in [5, 5.41) is 62.8. The molecule has 0 aliphatic rings. The Morgan fingerprint density at radius 3 is 0.600 bits per heavy atom. The van der Waals surface area contributed by atoms with Crippen LogP contribution in [0.3, 0.4) is 0 Å². The van der Waals surface area contributed by atoms with Crippen molar-refractivity contribution >= 4 is 24.4 Å². The summed E-state index contributed by atoms with van der Waals surface area (Å²) in [6.07, 6.45) is -5.33. The van der Waals surface area contributed by atoms with Crippen LogP contribution in [0.5, 0.6) is 0 Å². The first-order valence-corrected chi connectivity index (χ1v) is 5.54. The third kappa shape index (κ3) is 94.1. The molecule has 0 aliphatic carbocycles. The second-order valence-electron chi connectivity index (χ2n) is 3.49. The van der Waals surface area contributed by atoms with Crippen molar-refractivity contribution in [2.45, 2.75) is 0 Å². The van der Waals surface area contributed by atoms with Crippen molar-refractivity contribution in [1.82, 2.24) is 0 Å². The molecule has 25 heavy (non-hydrogen) atoms.